The van der Waals surface area contributed by atoms with Crippen LogP contribution >= 0.6 is 0 Å². The van der Waals surface area contributed by atoms with Gasteiger partial charge in [0, 0.05) is 45.0 Å². The van der Waals surface area contributed by atoms with Gasteiger partial charge in [-0.25, -0.2) is 0 Å². The number of rotatable bonds is 2. The Balaban J connectivity index is 0.990. The largest absolute Gasteiger partial charge is 0.311 e. The van der Waals surface area contributed by atoms with Gasteiger partial charge in [-0.1, -0.05) is 103 Å². The predicted molar refractivity (Wildman–Crippen MR) is 244 cm³/mol. The number of benzene rings is 7. The Morgan fingerprint density at radius 3 is 1.53 bits per heavy atom. The van der Waals surface area contributed by atoms with Crippen LogP contribution in [0.15, 0.2) is 152 Å². The molecule has 15 rings (SSSR count). The summed E-state index contributed by atoms with van der Waals surface area (Å²) < 4.78 is 0. The molecule has 8 aliphatic rings. The molecule has 0 amide bonds. The monoisotopic (exact) mass is 756 g/mol. The highest BCUT2D eigenvalue weighted by Gasteiger charge is 2.62. The van der Waals surface area contributed by atoms with Crippen LogP contribution in [0.1, 0.15) is 73.6 Å². The molecule has 2 nitrogen and oxygen atoms in total. The van der Waals surface area contributed by atoms with E-state index in [1.54, 1.807) is 22.3 Å². The number of fused-ring (bicyclic) bond motifs is 10. The molecule has 3 heteroatoms. The van der Waals surface area contributed by atoms with Gasteiger partial charge in [-0.2, -0.15) is 0 Å². The van der Waals surface area contributed by atoms with Gasteiger partial charge in [0.1, 0.15) is 0 Å². The number of para-hydroxylation sites is 2. The maximum absolute atomic E-state index is 2.75. The molecule has 4 fully saturated rings. The van der Waals surface area contributed by atoms with Crippen LogP contribution in [0, 0.1) is 23.7 Å². The molecule has 0 N–H and O–H groups in total. The lowest BCUT2D eigenvalue weighted by atomic mass is 9.33. The molecule has 0 atom stereocenters. The van der Waals surface area contributed by atoms with Gasteiger partial charge in [-0.05, 0) is 184 Å². The lowest BCUT2D eigenvalue weighted by Gasteiger charge is -2.45. The van der Waals surface area contributed by atoms with Crippen molar-refractivity contribution in [2.45, 2.75) is 62.2 Å². The van der Waals surface area contributed by atoms with Crippen molar-refractivity contribution in [2.75, 3.05) is 9.80 Å². The molecule has 4 bridgehead atoms. The molecule has 0 saturated heterocycles. The number of anilines is 6. The zero-order valence-electron chi connectivity index (χ0n) is 33.4. The Labute approximate surface area is 347 Å². The minimum absolute atomic E-state index is 0.129. The first-order chi connectivity index (χ1) is 29.3. The Morgan fingerprint density at radius 2 is 0.864 bits per heavy atom. The van der Waals surface area contributed by atoms with E-state index >= 15 is 0 Å². The summed E-state index contributed by atoms with van der Waals surface area (Å²) in [5, 5.41) is 0. The molecule has 0 unspecified atom stereocenters. The Kier molecular flexibility index (Phi) is 6.02. The van der Waals surface area contributed by atoms with E-state index in [1.807, 2.05) is 0 Å². The summed E-state index contributed by atoms with van der Waals surface area (Å²) in [4.78, 5) is 5.26. The Hall–Kier alpha value is -5.80. The summed E-state index contributed by atoms with van der Waals surface area (Å²) in [6.07, 6.45) is 10.8. The van der Waals surface area contributed by atoms with E-state index in [1.165, 1.54) is 124 Å². The van der Waals surface area contributed by atoms with Crippen LogP contribution in [0.3, 0.4) is 0 Å². The van der Waals surface area contributed by atoms with Crippen LogP contribution in [-0.4, -0.2) is 6.71 Å². The molecule has 282 valence electrons. The van der Waals surface area contributed by atoms with Crippen molar-refractivity contribution >= 4 is 57.2 Å². The second kappa shape index (κ2) is 11.1. The van der Waals surface area contributed by atoms with Crippen molar-refractivity contribution in [3.05, 3.63) is 174 Å². The Morgan fingerprint density at radius 1 is 0.356 bits per heavy atom. The number of nitrogens with zero attached hydrogens (tertiary/aromatic N) is 2. The van der Waals surface area contributed by atoms with E-state index in [9.17, 15) is 0 Å². The number of hydrogen-bond acceptors (Lipinski definition) is 2. The summed E-state index contributed by atoms with van der Waals surface area (Å²) in [6.45, 7) is 0.129. The van der Waals surface area contributed by atoms with Crippen LogP contribution in [0.5, 0.6) is 0 Å². The van der Waals surface area contributed by atoms with E-state index in [2.05, 4.69) is 161 Å². The molecule has 7 aromatic carbocycles. The third-order valence-electron chi connectivity index (χ3n) is 17.6. The average Bonchev–Trinajstić information content (AvgIpc) is 4.15. The predicted octanol–water partition coefficient (Wildman–Crippen LogP) is 11.9. The van der Waals surface area contributed by atoms with Gasteiger partial charge < -0.3 is 9.80 Å². The van der Waals surface area contributed by atoms with E-state index < -0.39 is 0 Å². The van der Waals surface area contributed by atoms with Crippen LogP contribution in [0.25, 0.3) is 22.3 Å². The van der Waals surface area contributed by atoms with Gasteiger partial charge in [0.25, 0.3) is 6.71 Å². The van der Waals surface area contributed by atoms with Crippen LogP contribution in [0.2, 0.25) is 0 Å². The molecule has 2 spiro atoms. The van der Waals surface area contributed by atoms with Crippen LogP contribution in [-0.2, 0) is 10.8 Å². The second-order valence-corrected chi connectivity index (χ2v) is 19.3. The smallest absolute Gasteiger partial charge is 0.252 e. The SMILES string of the molecule is c1ccc(N2c3cc4c(cc3B3c5ccccc5N(c5ccc6c(c5)C5(c7ccccc7-6)C6CCC5CC6)c5cccc2c53)C2(c3ccccc3-4)C3CCC2CC3)cc1. The van der Waals surface area contributed by atoms with Crippen molar-refractivity contribution in [1.29, 1.82) is 0 Å². The van der Waals surface area contributed by atoms with Gasteiger partial charge in [-0.3, -0.25) is 0 Å². The van der Waals surface area contributed by atoms with Crippen molar-refractivity contribution < 1.29 is 0 Å². The summed E-state index contributed by atoms with van der Waals surface area (Å²) in [5.74, 6) is 2.91. The quantitative estimate of drug-likeness (QED) is 0.162. The first-order valence-electron chi connectivity index (χ1n) is 22.7. The lowest BCUT2D eigenvalue weighted by molar-refractivity contribution is 0.400. The van der Waals surface area contributed by atoms with E-state index in [0.29, 0.717) is 0 Å². The summed E-state index contributed by atoms with van der Waals surface area (Å²) in [6, 6.07) is 59.7. The first kappa shape index (κ1) is 32.1. The normalized spacial score (nSPS) is 27.5. The van der Waals surface area contributed by atoms with Crippen molar-refractivity contribution in [3.8, 4) is 22.3 Å². The molecule has 6 aliphatic carbocycles. The number of hydrogen-bond donors (Lipinski definition) is 0. The summed E-state index contributed by atoms with van der Waals surface area (Å²) >= 11 is 0. The first-order valence-corrected chi connectivity index (χ1v) is 22.7. The Bertz CT molecular complexity index is 2940. The fourth-order valence-electron chi connectivity index (χ4n) is 15.8. The zero-order valence-corrected chi connectivity index (χ0v) is 33.4. The molecule has 0 aromatic heterocycles. The van der Waals surface area contributed by atoms with Gasteiger partial charge in [-0.15, -0.1) is 0 Å². The minimum Gasteiger partial charge on any atom is -0.311 e. The fourth-order valence-corrected chi connectivity index (χ4v) is 15.8. The second-order valence-electron chi connectivity index (χ2n) is 19.3. The molecule has 4 saturated carbocycles. The van der Waals surface area contributed by atoms with Crippen LogP contribution < -0.4 is 26.2 Å². The van der Waals surface area contributed by atoms with E-state index in [4.69, 9.17) is 0 Å². The van der Waals surface area contributed by atoms with E-state index in [-0.39, 0.29) is 17.5 Å². The zero-order chi connectivity index (χ0) is 38.2. The van der Waals surface area contributed by atoms with Gasteiger partial charge in [0.2, 0.25) is 0 Å². The molecular formula is C56H45BN2. The van der Waals surface area contributed by atoms with Crippen LogP contribution in [0.4, 0.5) is 34.1 Å². The molecule has 59 heavy (non-hydrogen) atoms. The van der Waals surface area contributed by atoms with Crippen molar-refractivity contribution in [1.82, 2.24) is 0 Å². The fraction of sp³-hybridized carbons (Fsp3) is 0.250. The summed E-state index contributed by atoms with van der Waals surface area (Å²) in [7, 11) is 0. The molecule has 0 radical (unpaired) electrons. The standard InChI is InChI=1S/C56H45BN2/c1-2-11-38(12-3-1)58-51-19-10-20-52-54(51)57(49-33-47-43(32-53(49)58)41-14-5-7-16-45(41)56(47)36-25-26-37(56)28-27-36)48-17-8-9-18-50(48)59(52)39-29-30-42-40-13-4-6-15-44(40)55(46(42)31-39)34-21-22-35(55)24-23-34/h1-20,29-37H,21-28H2. The van der Waals surface area contributed by atoms with E-state index in [0.717, 1.165) is 23.7 Å². The molecule has 2 aliphatic heterocycles. The highest BCUT2D eigenvalue weighted by Crippen LogP contribution is 2.69. The molecular weight excluding hydrogens is 711 g/mol. The maximum Gasteiger partial charge on any atom is 0.252 e. The van der Waals surface area contributed by atoms with Crippen molar-refractivity contribution in [2.24, 2.45) is 23.7 Å². The van der Waals surface area contributed by atoms with Gasteiger partial charge in [0.15, 0.2) is 0 Å². The average molecular weight is 757 g/mol. The topological polar surface area (TPSA) is 6.48 Å². The highest BCUT2D eigenvalue weighted by atomic mass is 15.2. The third kappa shape index (κ3) is 3.64. The highest BCUT2D eigenvalue weighted by molar-refractivity contribution is 7.00. The molecule has 7 aromatic rings. The van der Waals surface area contributed by atoms with Crippen molar-refractivity contribution in [3.63, 3.8) is 0 Å². The minimum atomic E-state index is 0.129. The molecule has 2 heterocycles. The lowest BCUT2D eigenvalue weighted by Crippen LogP contribution is -2.61. The van der Waals surface area contributed by atoms with Gasteiger partial charge in [0.05, 0.1) is 0 Å². The summed E-state index contributed by atoms with van der Waals surface area (Å²) in [5.41, 5.74) is 24.7. The third-order valence-corrected chi connectivity index (χ3v) is 17.6. The maximum atomic E-state index is 2.75. The van der Waals surface area contributed by atoms with Gasteiger partial charge >= 0.3 is 0 Å².